The first-order valence-corrected chi connectivity index (χ1v) is 6.60. The Balaban J connectivity index is 2.60. The molecule has 0 bridgehead atoms. The lowest BCUT2D eigenvalue weighted by Gasteiger charge is -2.15. The van der Waals surface area contributed by atoms with Gasteiger partial charge < -0.3 is 9.73 Å². The predicted molar refractivity (Wildman–Crippen MR) is 72.0 cm³/mol. The zero-order valence-electron chi connectivity index (χ0n) is 11.8. The zero-order valence-corrected chi connectivity index (χ0v) is 11.8. The minimum Gasteiger partial charge on any atom is -0.463 e. The Morgan fingerprint density at radius 2 is 1.94 bits per heavy atom. The smallest absolute Gasteiger partial charge is 0.120 e. The molecule has 1 aromatic heterocycles. The summed E-state index contributed by atoms with van der Waals surface area (Å²) >= 11 is 0. The van der Waals surface area contributed by atoms with E-state index < -0.39 is 0 Å². The predicted octanol–water partition coefficient (Wildman–Crippen LogP) is 2.93. The van der Waals surface area contributed by atoms with Gasteiger partial charge in [0.05, 0.1) is 13.1 Å². The first kappa shape index (κ1) is 14.3. The summed E-state index contributed by atoms with van der Waals surface area (Å²) in [5.41, 5.74) is 1.25. The number of hydrogen-bond acceptors (Lipinski definition) is 3. The van der Waals surface area contributed by atoms with E-state index in [4.69, 9.17) is 4.42 Å². The molecule has 0 aliphatic rings. The van der Waals surface area contributed by atoms with Gasteiger partial charge in [-0.3, -0.25) is 4.90 Å². The van der Waals surface area contributed by atoms with Gasteiger partial charge in [-0.05, 0) is 31.6 Å². The third kappa shape index (κ3) is 4.52. The minimum absolute atomic E-state index is 0.491. The zero-order chi connectivity index (χ0) is 12.8. The van der Waals surface area contributed by atoms with Crippen molar-refractivity contribution in [2.45, 2.75) is 53.8 Å². The quantitative estimate of drug-likeness (QED) is 0.791. The standard InChI is InChI=1S/C14H26N2O/c1-6-16(7-2)10-13-8-12(5)14(17-13)9-15-11(3)4/h8,11,15H,6-7,9-10H2,1-5H3. The van der Waals surface area contributed by atoms with Crippen LogP contribution in [-0.2, 0) is 13.1 Å². The molecular weight excluding hydrogens is 212 g/mol. The van der Waals surface area contributed by atoms with Crippen molar-refractivity contribution in [2.24, 2.45) is 0 Å². The Labute approximate surface area is 105 Å². The molecule has 0 aliphatic heterocycles. The van der Waals surface area contributed by atoms with Crippen LogP contribution >= 0.6 is 0 Å². The van der Waals surface area contributed by atoms with Crippen molar-refractivity contribution in [2.75, 3.05) is 13.1 Å². The molecule has 0 saturated carbocycles. The van der Waals surface area contributed by atoms with Gasteiger partial charge in [-0.15, -0.1) is 0 Å². The highest BCUT2D eigenvalue weighted by molar-refractivity contribution is 5.20. The van der Waals surface area contributed by atoms with Gasteiger partial charge in [-0.1, -0.05) is 27.7 Å². The van der Waals surface area contributed by atoms with Crippen LogP contribution in [0.5, 0.6) is 0 Å². The Hall–Kier alpha value is -0.800. The number of furan rings is 1. The molecule has 0 atom stereocenters. The van der Waals surface area contributed by atoms with Gasteiger partial charge in [0.2, 0.25) is 0 Å². The van der Waals surface area contributed by atoms with E-state index in [9.17, 15) is 0 Å². The number of aryl methyl sites for hydroxylation is 1. The van der Waals surface area contributed by atoms with E-state index in [0.29, 0.717) is 6.04 Å². The molecule has 0 amide bonds. The van der Waals surface area contributed by atoms with E-state index in [0.717, 1.165) is 37.7 Å². The van der Waals surface area contributed by atoms with Crippen LogP contribution in [0.15, 0.2) is 10.5 Å². The van der Waals surface area contributed by atoms with E-state index in [1.54, 1.807) is 0 Å². The molecule has 0 spiro atoms. The largest absolute Gasteiger partial charge is 0.463 e. The summed E-state index contributed by atoms with van der Waals surface area (Å²) in [4.78, 5) is 2.36. The van der Waals surface area contributed by atoms with Crippen LogP contribution < -0.4 is 5.32 Å². The highest BCUT2D eigenvalue weighted by Crippen LogP contribution is 2.16. The maximum Gasteiger partial charge on any atom is 0.120 e. The molecular formula is C14H26N2O. The molecule has 1 heterocycles. The average Bonchev–Trinajstić information content (AvgIpc) is 2.64. The molecule has 17 heavy (non-hydrogen) atoms. The number of hydrogen-bond donors (Lipinski definition) is 1. The fourth-order valence-electron chi connectivity index (χ4n) is 1.81. The van der Waals surface area contributed by atoms with E-state index >= 15 is 0 Å². The van der Waals surface area contributed by atoms with Gasteiger partial charge in [0.25, 0.3) is 0 Å². The SMILES string of the molecule is CCN(CC)Cc1cc(C)c(CNC(C)C)o1. The molecule has 3 heteroatoms. The van der Waals surface area contributed by atoms with Gasteiger partial charge in [0.1, 0.15) is 11.5 Å². The second-order valence-electron chi connectivity index (χ2n) is 4.82. The maximum absolute atomic E-state index is 5.89. The van der Waals surface area contributed by atoms with Crippen molar-refractivity contribution in [3.05, 3.63) is 23.2 Å². The van der Waals surface area contributed by atoms with E-state index in [1.165, 1.54) is 5.56 Å². The van der Waals surface area contributed by atoms with Gasteiger partial charge in [-0.2, -0.15) is 0 Å². The van der Waals surface area contributed by atoms with Gasteiger partial charge in [0.15, 0.2) is 0 Å². The van der Waals surface area contributed by atoms with E-state index in [2.05, 4.69) is 50.9 Å². The molecule has 98 valence electrons. The monoisotopic (exact) mass is 238 g/mol. The molecule has 1 N–H and O–H groups in total. The van der Waals surface area contributed by atoms with Crippen molar-refractivity contribution >= 4 is 0 Å². The Kier molecular flexibility index (Phi) is 5.72. The minimum atomic E-state index is 0.491. The van der Waals surface area contributed by atoms with E-state index in [-0.39, 0.29) is 0 Å². The number of rotatable bonds is 7. The topological polar surface area (TPSA) is 28.4 Å². The lowest BCUT2D eigenvalue weighted by molar-refractivity contribution is 0.264. The summed E-state index contributed by atoms with van der Waals surface area (Å²) < 4.78 is 5.89. The average molecular weight is 238 g/mol. The lowest BCUT2D eigenvalue weighted by atomic mass is 10.2. The Morgan fingerprint density at radius 3 is 2.47 bits per heavy atom. The summed E-state index contributed by atoms with van der Waals surface area (Å²) in [6.07, 6.45) is 0. The van der Waals surface area contributed by atoms with Crippen molar-refractivity contribution in [3.8, 4) is 0 Å². The molecule has 0 aromatic carbocycles. The highest BCUT2D eigenvalue weighted by atomic mass is 16.3. The summed E-state index contributed by atoms with van der Waals surface area (Å²) in [7, 11) is 0. The second kappa shape index (κ2) is 6.82. The fourth-order valence-corrected chi connectivity index (χ4v) is 1.81. The van der Waals surface area contributed by atoms with Crippen LogP contribution in [0.1, 0.15) is 44.8 Å². The van der Waals surface area contributed by atoms with Crippen molar-refractivity contribution < 1.29 is 4.42 Å². The van der Waals surface area contributed by atoms with Gasteiger partial charge >= 0.3 is 0 Å². The third-order valence-electron chi connectivity index (χ3n) is 3.02. The molecule has 0 fully saturated rings. The molecule has 0 aliphatic carbocycles. The highest BCUT2D eigenvalue weighted by Gasteiger charge is 2.10. The van der Waals surface area contributed by atoms with Crippen molar-refractivity contribution in [1.82, 2.24) is 10.2 Å². The van der Waals surface area contributed by atoms with Crippen molar-refractivity contribution in [1.29, 1.82) is 0 Å². The van der Waals surface area contributed by atoms with Crippen LogP contribution in [0.2, 0.25) is 0 Å². The third-order valence-corrected chi connectivity index (χ3v) is 3.02. The number of nitrogens with one attached hydrogen (secondary N) is 1. The van der Waals surface area contributed by atoms with Crippen LogP contribution in [0, 0.1) is 6.92 Å². The summed E-state index contributed by atoms with van der Waals surface area (Å²) in [6.45, 7) is 14.6. The summed E-state index contributed by atoms with van der Waals surface area (Å²) in [5, 5.41) is 3.39. The molecule has 0 radical (unpaired) electrons. The molecule has 0 unspecified atom stereocenters. The molecule has 1 rings (SSSR count). The first-order chi connectivity index (χ1) is 8.06. The van der Waals surface area contributed by atoms with Crippen LogP contribution in [0.4, 0.5) is 0 Å². The van der Waals surface area contributed by atoms with Gasteiger partial charge in [-0.25, -0.2) is 0 Å². The molecule has 1 aromatic rings. The van der Waals surface area contributed by atoms with Crippen LogP contribution in [0.3, 0.4) is 0 Å². The Bertz CT molecular complexity index is 327. The lowest BCUT2D eigenvalue weighted by Crippen LogP contribution is -2.22. The number of nitrogens with zero attached hydrogens (tertiary/aromatic N) is 1. The second-order valence-corrected chi connectivity index (χ2v) is 4.82. The first-order valence-electron chi connectivity index (χ1n) is 6.60. The van der Waals surface area contributed by atoms with Crippen molar-refractivity contribution in [3.63, 3.8) is 0 Å². The molecule has 3 nitrogen and oxygen atoms in total. The fraction of sp³-hybridized carbons (Fsp3) is 0.714. The summed E-state index contributed by atoms with van der Waals surface area (Å²) in [6, 6.07) is 2.65. The van der Waals surface area contributed by atoms with Gasteiger partial charge in [0, 0.05) is 6.04 Å². The van der Waals surface area contributed by atoms with E-state index in [1.807, 2.05) is 0 Å². The molecule has 0 saturated heterocycles. The van der Waals surface area contributed by atoms with Crippen LogP contribution in [0.25, 0.3) is 0 Å². The normalized spacial score (nSPS) is 11.7. The maximum atomic E-state index is 5.89. The Morgan fingerprint density at radius 1 is 1.29 bits per heavy atom. The summed E-state index contributed by atoms with van der Waals surface area (Å²) in [5.74, 6) is 2.15. The van der Waals surface area contributed by atoms with Crippen LogP contribution in [-0.4, -0.2) is 24.0 Å².